The SMILES string of the molecule is CC(C)(C)OP(=O)(OCn1nc(C(C)(C)C)c(C(C)(C)C)c1C(=O)O)OC(C)(C)C.CC(C)c1c(C(=O)O)nn(COP(=O)(OC(C)(C)C)OC(C)(C)C)c1C(C)(C)C.CC(C)c1c(C(=O)OC(C)(C)C)nn(COP(=O)(OC(C)(C)C)OC(C)(C)C)c1C(C)(C)C.CC(C)c1c(C(C)(C)C)nn(COP(=O)(OC(C)(C)C)OC(C)(C)C)c1C(=O)OC(C)(C)C. The maximum atomic E-state index is 13.5. The Bertz CT molecular complexity index is 4390. The summed E-state index contributed by atoms with van der Waals surface area (Å²) in [6, 6.07) is 0. The normalized spacial score (nSPS) is 14.1. The topological polar surface area (TPSA) is 378 Å². The minimum atomic E-state index is -4.02. The summed E-state index contributed by atoms with van der Waals surface area (Å²) in [5, 5.41) is 37.6. The number of rotatable bonds is 27. The molecule has 0 bridgehead atoms. The predicted octanol–water partition coefficient (Wildman–Crippen LogP) is 25.5. The van der Waals surface area contributed by atoms with Crippen LogP contribution in [0.25, 0.3) is 0 Å². The van der Waals surface area contributed by atoms with Crippen molar-refractivity contribution in [2.45, 2.75) is 481 Å². The van der Waals surface area contributed by atoms with E-state index in [2.05, 4.69) is 15.3 Å². The predicted molar refractivity (Wildman–Crippen MR) is 490 cm³/mol. The van der Waals surface area contributed by atoms with Crippen LogP contribution in [-0.4, -0.2) is 129 Å². The van der Waals surface area contributed by atoms with E-state index in [-0.39, 0.29) is 78.3 Å². The van der Waals surface area contributed by atoms with Gasteiger partial charge in [-0.2, -0.15) is 20.4 Å². The number of carboxylic acids is 2. The summed E-state index contributed by atoms with van der Waals surface area (Å²) in [5.41, 5.74) is -3.34. The molecule has 0 aliphatic carbocycles. The first kappa shape index (κ1) is 118. The lowest BCUT2D eigenvalue weighted by molar-refractivity contribution is -0.0116. The van der Waals surface area contributed by atoms with E-state index in [0.29, 0.717) is 22.5 Å². The number of aromatic carboxylic acids is 2. The number of phosphoric ester groups is 4. The Morgan fingerprint density at radius 1 is 0.280 bits per heavy atom. The first-order valence-electron chi connectivity index (χ1n) is 42.7. The van der Waals surface area contributed by atoms with E-state index in [1.807, 2.05) is 187 Å². The van der Waals surface area contributed by atoms with E-state index in [1.54, 1.807) is 171 Å². The van der Waals surface area contributed by atoms with E-state index < -0.39 is 127 Å². The summed E-state index contributed by atoms with van der Waals surface area (Å²) >= 11 is 0. The van der Waals surface area contributed by atoms with Crippen molar-refractivity contribution in [3.05, 3.63) is 67.8 Å². The number of hydrogen-bond donors (Lipinski definition) is 2. The molecule has 726 valence electrons. The quantitative estimate of drug-likeness (QED) is 0.0413. The summed E-state index contributed by atoms with van der Waals surface area (Å²) in [6.45, 7) is 93.6. The second kappa shape index (κ2) is 41.5. The van der Waals surface area contributed by atoms with Crippen LogP contribution in [0.2, 0.25) is 0 Å². The van der Waals surface area contributed by atoms with Crippen LogP contribution in [0.4, 0.5) is 0 Å². The maximum Gasteiger partial charge on any atom is 0.477 e. The van der Waals surface area contributed by atoms with E-state index in [0.717, 1.165) is 22.5 Å². The van der Waals surface area contributed by atoms with Gasteiger partial charge in [-0.15, -0.1) is 0 Å². The molecule has 0 aromatic carbocycles. The molecule has 2 N–H and O–H groups in total. The number of ether oxygens (including phenoxy) is 2. The highest BCUT2D eigenvalue weighted by Crippen LogP contribution is 2.60. The Labute approximate surface area is 750 Å². The molecule has 0 saturated carbocycles. The molecule has 0 unspecified atom stereocenters. The lowest BCUT2D eigenvalue weighted by atomic mass is 9.78. The monoisotopic (exact) mass is 1860 g/mol. The summed E-state index contributed by atoms with van der Waals surface area (Å²) in [5.74, 6) is -3.32. The number of hydrogen-bond acceptors (Lipinski definition) is 26. The summed E-state index contributed by atoms with van der Waals surface area (Å²) in [4.78, 5) is 50.2. The van der Waals surface area contributed by atoms with E-state index in [9.17, 15) is 47.7 Å². The standard InChI is InChI=1S/2C24H45N2O6P.C21H39N2O6P.C20H37N2O6P/c1-16(2)17-18(20(27)30-22(6,7)8)26(25-19(17)21(3,4)5)15-29-33(28,31-23(9,10)11)32-24(12,13)14;1-16(2)17-18(20(27)30-22(6,7)8)25-26(19(17)21(3,4)5)15-29-33(28,31-23(9,10)11)32-24(12,13)14;1-18(2,3)14-15(17(24)25)23(22-16(14)19(4,5)6)13-27-30(26,28-20(7,8)9)29-21(10,11)12;1-13(2)14-15(17(23)24)21-22(16(14)18(3,4)5)12-26-29(25,27-19(6,7)8)28-20(9,10)11/h2*16H,15H2,1-14H3;13H2,1-12H3,(H,24,25);13H,12H2,1-11H3,(H,23,24). The van der Waals surface area contributed by atoms with Gasteiger partial charge in [-0.3, -0.25) is 54.3 Å². The van der Waals surface area contributed by atoms with Crippen molar-refractivity contribution in [1.29, 1.82) is 0 Å². The fourth-order valence-corrected chi connectivity index (χ4v) is 19.1. The van der Waals surface area contributed by atoms with E-state index >= 15 is 0 Å². The number of nitrogens with zero attached hydrogens (tertiary/aromatic N) is 8. The molecule has 0 aliphatic rings. The molecule has 0 amide bonds. The van der Waals surface area contributed by atoms with E-state index in [1.165, 1.54) is 14.0 Å². The molecule has 4 heterocycles. The molecule has 4 aromatic rings. The Hall–Kier alpha value is -4.84. The lowest BCUT2D eigenvalue weighted by Gasteiger charge is -2.31. The summed E-state index contributed by atoms with van der Waals surface area (Å²) in [7, 11) is -15.9. The largest absolute Gasteiger partial charge is 0.477 e. The van der Waals surface area contributed by atoms with Crippen molar-refractivity contribution >= 4 is 55.2 Å². The molecule has 4 rings (SSSR count). The Kier molecular flexibility index (Phi) is 39.3. The van der Waals surface area contributed by atoms with Gasteiger partial charge < -0.3 is 19.7 Å². The maximum absolute atomic E-state index is 13.5. The van der Waals surface area contributed by atoms with E-state index in [4.69, 9.17) is 68.9 Å². The van der Waals surface area contributed by atoms with Crippen LogP contribution >= 0.6 is 31.3 Å². The molecule has 0 spiro atoms. The van der Waals surface area contributed by atoms with Crippen LogP contribution in [0.5, 0.6) is 0 Å². The number of aromatic nitrogens is 8. The van der Waals surface area contributed by atoms with Crippen molar-refractivity contribution < 1.29 is 111 Å². The third kappa shape index (κ3) is 41.2. The first-order valence-corrected chi connectivity index (χ1v) is 48.6. The number of carbonyl (C=O) groups excluding carboxylic acids is 2. The Morgan fingerprint density at radius 3 is 0.728 bits per heavy atom. The zero-order valence-corrected chi connectivity index (χ0v) is 89.9. The van der Waals surface area contributed by atoms with Crippen molar-refractivity contribution in [1.82, 2.24) is 39.1 Å². The van der Waals surface area contributed by atoms with Crippen LogP contribution in [0.3, 0.4) is 0 Å². The van der Waals surface area contributed by atoms with Gasteiger partial charge in [0.1, 0.15) is 11.2 Å². The Morgan fingerprint density at radius 2 is 0.512 bits per heavy atom. The third-order valence-electron chi connectivity index (χ3n) is 15.3. The minimum Gasteiger partial charge on any atom is -0.477 e. The van der Waals surface area contributed by atoms with Gasteiger partial charge in [-0.25, -0.2) is 56.2 Å². The number of esters is 2. The zero-order chi connectivity index (χ0) is 99.3. The van der Waals surface area contributed by atoms with Crippen LogP contribution in [0.1, 0.15) is 458 Å². The smallest absolute Gasteiger partial charge is 0.477 e. The van der Waals surface area contributed by atoms with Gasteiger partial charge in [0.25, 0.3) is 0 Å². The first-order chi connectivity index (χ1) is 54.7. The van der Waals surface area contributed by atoms with Crippen LogP contribution in [0, 0.1) is 0 Å². The molecule has 0 atom stereocenters. The molecular weight excluding hydrogens is 1690 g/mol. The Balaban J connectivity index is 0.000000835. The molecule has 0 aliphatic heterocycles. The highest BCUT2D eigenvalue weighted by atomic mass is 31.2. The highest BCUT2D eigenvalue weighted by Gasteiger charge is 2.46. The van der Waals surface area contributed by atoms with Gasteiger partial charge in [0.05, 0.1) is 67.6 Å². The third-order valence-corrected chi connectivity index (χ3v) is 23.2. The van der Waals surface area contributed by atoms with Gasteiger partial charge >= 0.3 is 55.2 Å². The average molecular weight is 1860 g/mol. The number of phosphoric acid groups is 4. The van der Waals surface area contributed by atoms with Crippen molar-refractivity contribution in [3.63, 3.8) is 0 Å². The fraction of sp³-hybridized carbons (Fsp3) is 0.820. The fourth-order valence-electron chi connectivity index (χ4n) is 12.1. The molecule has 32 nitrogen and oxygen atoms in total. The van der Waals surface area contributed by atoms with Crippen molar-refractivity contribution in [2.24, 2.45) is 0 Å². The molecule has 36 heteroatoms. The highest BCUT2D eigenvalue weighted by molar-refractivity contribution is 7.49. The van der Waals surface area contributed by atoms with Gasteiger partial charge in [-0.05, 0) is 231 Å². The van der Waals surface area contributed by atoms with Gasteiger partial charge in [0.15, 0.2) is 49.7 Å². The zero-order valence-electron chi connectivity index (χ0n) is 86.3. The average Bonchev–Trinajstić information content (AvgIpc) is 1.63. The lowest BCUT2D eigenvalue weighted by Crippen LogP contribution is -2.28. The molecule has 4 aromatic heterocycles. The molecule has 0 fully saturated rings. The summed E-state index contributed by atoms with van der Waals surface area (Å²) in [6.07, 6.45) is 0. The second-order valence-corrected chi connectivity index (χ2v) is 53.3. The van der Waals surface area contributed by atoms with Crippen LogP contribution in [-0.2, 0) is 136 Å². The molecular formula is C89H166N8O24P4. The molecule has 0 radical (unpaired) electrons. The number of carboxylic acid groups (broad SMARTS) is 2. The number of carbonyl (C=O) groups is 4. The second-order valence-electron chi connectivity index (χ2n) is 47.2. The van der Waals surface area contributed by atoms with Crippen molar-refractivity contribution in [3.8, 4) is 0 Å². The van der Waals surface area contributed by atoms with Crippen molar-refractivity contribution in [2.75, 3.05) is 0 Å². The van der Waals surface area contributed by atoms with Crippen LogP contribution in [0.15, 0.2) is 0 Å². The summed E-state index contributed by atoms with van der Waals surface area (Å²) < 4.78 is 139. The molecule has 125 heavy (non-hydrogen) atoms. The van der Waals surface area contributed by atoms with Gasteiger partial charge in [0.2, 0.25) is 0 Å². The van der Waals surface area contributed by atoms with Gasteiger partial charge in [-0.1, -0.05) is 145 Å². The van der Waals surface area contributed by atoms with Crippen LogP contribution < -0.4 is 0 Å². The molecule has 0 saturated heterocycles. The van der Waals surface area contributed by atoms with Gasteiger partial charge in [0, 0.05) is 43.9 Å². The minimum absolute atomic E-state index is 0.000974.